The zero-order valence-electron chi connectivity index (χ0n) is 20.5. The first-order chi connectivity index (χ1) is 17.2. The lowest BCUT2D eigenvalue weighted by molar-refractivity contribution is -0.123. The molecule has 0 fully saturated rings. The number of benzene rings is 3. The van der Waals surface area contributed by atoms with E-state index in [2.05, 4.69) is 5.32 Å². The van der Waals surface area contributed by atoms with Gasteiger partial charge < -0.3 is 15.0 Å². The highest BCUT2D eigenvalue weighted by Crippen LogP contribution is 2.31. The lowest BCUT2D eigenvalue weighted by Crippen LogP contribution is -2.35. The van der Waals surface area contributed by atoms with E-state index in [1.807, 2.05) is 49.3 Å². The summed E-state index contributed by atoms with van der Waals surface area (Å²) in [6.45, 7) is 1.88. The predicted molar refractivity (Wildman–Crippen MR) is 140 cm³/mol. The van der Waals surface area contributed by atoms with Crippen LogP contribution in [0.25, 0.3) is 0 Å². The van der Waals surface area contributed by atoms with Crippen LogP contribution in [-0.4, -0.2) is 47.0 Å². The zero-order chi connectivity index (χ0) is 25.9. The molecule has 1 aliphatic rings. The molecule has 0 aromatic heterocycles. The van der Waals surface area contributed by atoms with E-state index in [4.69, 9.17) is 4.74 Å². The Morgan fingerprint density at radius 3 is 2.31 bits per heavy atom. The maximum Gasteiger partial charge on any atom is 0.338 e. The van der Waals surface area contributed by atoms with Crippen LogP contribution in [-0.2, 0) is 26.0 Å². The van der Waals surface area contributed by atoms with Crippen molar-refractivity contribution in [1.29, 1.82) is 0 Å². The van der Waals surface area contributed by atoms with Gasteiger partial charge in [-0.25, -0.2) is 13.2 Å². The standard InChI is InChI=1S/C27H29N3O5S/c1-19(26(31)28-22-12-14-23(15-13-22)29(2)3)35-27(32)21-10-16-24(17-11-21)36(33,34)30-18-6-8-20-7-4-5-9-25(20)30/h4-5,7,9-17,19H,6,8,18H2,1-3H3,(H,28,31)/t19-/m0/s1. The Kier molecular flexibility index (Phi) is 7.30. The van der Waals surface area contributed by atoms with Crippen molar-refractivity contribution >= 4 is 39.0 Å². The fraction of sp³-hybridized carbons (Fsp3) is 0.259. The van der Waals surface area contributed by atoms with Gasteiger partial charge in [-0.05, 0) is 79.9 Å². The lowest BCUT2D eigenvalue weighted by Gasteiger charge is -2.30. The van der Waals surface area contributed by atoms with E-state index >= 15 is 0 Å². The summed E-state index contributed by atoms with van der Waals surface area (Å²) in [6, 6.07) is 20.3. The smallest absolute Gasteiger partial charge is 0.338 e. The van der Waals surface area contributed by atoms with E-state index in [0.29, 0.717) is 17.9 Å². The van der Waals surface area contributed by atoms with Crippen LogP contribution in [0.1, 0.15) is 29.3 Å². The van der Waals surface area contributed by atoms with Gasteiger partial charge >= 0.3 is 5.97 Å². The van der Waals surface area contributed by atoms with Gasteiger partial charge in [-0.2, -0.15) is 0 Å². The Morgan fingerprint density at radius 2 is 1.64 bits per heavy atom. The SMILES string of the molecule is C[C@H](OC(=O)c1ccc(S(=O)(=O)N2CCCc3ccccc32)cc1)C(=O)Nc1ccc(N(C)C)cc1. The minimum atomic E-state index is -3.78. The first-order valence-electron chi connectivity index (χ1n) is 11.7. The number of amides is 1. The van der Waals surface area contributed by atoms with Crippen LogP contribution < -0.4 is 14.5 Å². The summed E-state index contributed by atoms with van der Waals surface area (Å²) in [5.74, 6) is -1.18. The van der Waals surface area contributed by atoms with Crippen LogP contribution in [0.5, 0.6) is 0 Å². The zero-order valence-corrected chi connectivity index (χ0v) is 21.3. The minimum Gasteiger partial charge on any atom is -0.449 e. The van der Waals surface area contributed by atoms with E-state index in [1.54, 1.807) is 18.2 Å². The second-order valence-electron chi connectivity index (χ2n) is 8.81. The van der Waals surface area contributed by atoms with Gasteiger partial charge in [-0.1, -0.05) is 18.2 Å². The summed E-state index contributed by atoms with van der Waals surface area (Å²) in [5, 5.41) is 2.72. The highest BCUT2D eigenvalue weighted by molar-refractivity contribution is 7.92. The summed E-state index contributed by atoms with van der Waals surface area (Å²) in [7, 11) is 0.0573. The van der Waals surface area contributed by atoms with Gasteiger partial charge in [0.05, 0.1) is 16.1 Å². The van der Waals surface area contributed by atoms with Crippen LogP contribution in [0.15, 0.2) is 77.7 Å². The third-order valence-electron chi connectivity index (χ3n) is 6.05. The Morgan fingerprint density at radius 1 is 0.972 bits per heavy atom. The van der Waals surface area contributed by atoms with Crippen molar-refractivity contribution in [3.8, 4) is 0 Å². The second-order valence-corrected chi connectivity index (χ2v) is 10.7. The molecule has 1 N–H and O–H groups in total. The number of aryl methyl sites for hydroxylation is 1. The molecule has 0 spiro atoms. The normalized spacial score (nSPS) is 13.9. The maximum atomic E-state index is 13.3. The molecule has 3 aromatic carbocycles. The largest absolute Gasteiger partial charge is 0.449 e. The number of hydrogen-bond acceptors (Lipinski definition) is 6. The first kappa shape index (κ1) is 25.2. The highest BCUT2D eigenvalue weighted by Gasteiger charge is 2.29. The number of rotatable bonds is 7. The molecular formula is C27H29N3O5S. The van der Waals surface area contributed by atoms with E-state index in [0.717, 1.165) is 24.1 Å². The van der Waals surface area contributed by atoms with E-state index < -0.39 is 28.0 Å². The average Bonchev–Trinajstić information content (AvgIpc) is 2.88. The number of anilines is 3. The molecule has 188 valence electrons. The van der Waals surface area contributed by atoms with Gasteiger partial charge in [0.15, 0.2) is 6.10 Å². The summed E-state index contributed by atoms with van der Waals surface area (Å²) < 4.78 is 33.3. The molecule has 0 aliphatic carbocycles. The number of ether oxygens (including phenoxy) is 1. The molecule has 1 heterocycles. The molecule has 36 heavy (non-hydrogen) atoms. The highest BCUT2D eigenvalue weighted by atomic mass is 32.2. The van der Waals surface area contributed by atoms with Crippen molar-refractivity contribution in [1.82, 2.24) is 0 Å². The third-order valence-corrected chi connectivity index (χ3v) is 7.88. The molecule has 0 unspecified atom stereocenters. The molecule has 4 rings (SSSR count). The van der Waals surface area contributed by atoms with E-state index in [1.165, 1.54) is 35.5 Å². The molecule has 3 aromatic rings. The van der Waals surface area contributed by atoms with Gasteiger partial charge in [-0.3, -0.25) is 9.10 Å². The first-order valence-corrected chi connectivity index (χ1v) is 13.1. The van der Waals surface area contributed by atoms with Crippen molar-refractivity contribution in [3.63, 3.8) is 0 Å². The molecule has 1 atom stereocenters. The van der Waals surface area contributed by atoms with Crippen LogP contribution in [0.2, 0.25) is 0 Å². The van der Waals surface area contributed by atoms with Gasteiger partial charge in [0.2, 0.25) is 0 Å². The van der Waals surface area contributed by atoms with Crippen LogP contribution in [0, 0.1) is 0 Å². The number of hydrogen-bond donors (Lipinski definition) is 1. The Balaban J connectivity index is 1.41. The quantitative estimate of drug-likeness (QED) is 0.484. The number of esters is 1. The molecule has 0 radical (unpaired) electrons. The molecule has 0 saturated heterocycles. The van der Waals surface area contributed by atoms with E-state index in [9.17, 15) is 18.0 Å². The summed E-state index contributed by atoms with van der Waals surface area (Å²) >= 11 is 0. The Bertz CT molecular complexity index is 1350. The van der Waals surface area contributed by atoms with Crippen LogP contribution >= 0.6 is 0 Å². The van der Waals surface area contributed by atoms with Crippen molar-refractivity contribution in [3.05, 3.63) is 83.9 Å². The fourth-order valence-electron chi connectivity index (χ4n) is 4.01. The molecule has 1 amide bonds. The molecule has 1 aliphatic heterocycles. The van der Waals surface area contributed by atoms with Gasteiger partial charge in [0, 0.05) is 32.0 Å². The number of sulfonamides is 1. The number of carbonyl (C=O) groups excluding carboxylic acids is 2. The molecule has 0 saturated carbocycles. The number of nitrogens with zero attached hydrogens (tertiary/aromatic N) is 2. The van der Waals surface area contributed by atoms with Crippen LogP contribution in [0.3, 0.4) is 0 Å². The minimum absolute atomic E-state index is 0.0858. The van der Waals surface area contributed by atoms with Crippen molar-refractivity contribution in [2.24, 2.45) is 0 Å². The number of fused-ring (bicyclic) bond motifs is 1. The molecular weight excluding hydrogens is 478 g/mol. The molecule has 8 nitrogen and oxygen atoms in total. The van der Waals surface area contributed by atoms with E-state index in [-0.39, 0.29) is 10.5 Å². The lowest BCUT2D eigenvalue weighted by atomic mass is 10.0. The van der Waals surface area contributed by atoms with Gasteiger partial charge in [0.25, 0.3) is 15.9 Å². The predicted octanol–water partition coefficient (Wildman–Crippen LogP) is 4.08. The number of para-hydroxylation sites is 1. The topological polar surface area (TPSA) is 96.0 Å². The summed E-state index contributed by atoms with van der Waals surface area (Å²) in [5.41, 5.74) is 3.41. The number of carbonyl (C=O) groups is 2. The third kappa shape index (κ3) is 5.36. The summed E-state index contributed by atoms with van der Waals surface area (Å²) in [4.78, 5) is 27.1. The Hall–Kier alpha value is -3.85. The van der Waals surface area contributed by atoms with Gasteiger partial charge in [0.1, 0.15) is 0 Å². The fourth-order valence-corrected chi connectivity index (χ4v) is 5.55. The molecule has 9 heteroatoms. The van der Waals surface area contributed by atoms with Crippen molar-refractivity contribution < 1.29 is 22.7 Å². The molecule has 0 bridgehead atoms. The maximum absolute atomic E-state index is 13.3. The van der Waals surface area contributed by atoms with Crippen molar-refractivity contribution in [2.45, 2.75) is 30.8 Å². The van der Waals surface area contributed by atoms with Gasteiger partial charge in [-0.15, -0.1) is 0 Å². The van der Waals surface area contributed by atoms with Crippen LogP contribution in [0.4, 0.5) is 17.1 Å². The number of nitrogens with one attached hydrogen (secondary N) is 1. The van der Waals surface area contributed by atoms with Crippen molar-refractivity contribution in [2.75, 3.05) is 35.2 Å². The Labute approximate surface area is 211 Å². The second kappa shape index (κ2) is 10.4. The summed E-state index contributed by atoms with van der Waals surface area (Å²) in [6.07, 6.45) is 0.528. The average molecular weight is 508 g/mol. The monoisotopic (exact) mass is 507 g/mol.